The summed E-state index contributed by atoms with van der Waals surface area (Å²) in [5.74, 6) is 0. The van der Waals surface area contributed by atoms with Gasteiger partial charge in [0.25, 0.3) is 0 Å². The minimum Gasteiger partial charge on any atom is -0.516 e. The molecule has 0 amide bonds. The lowest BCUT2D eigenvalue weighted by Crippen LogP contribution is -1.77. The fraction of sp³-hybridized carbons (Fsp3) is 0.600. The molecule has 0 aliphatic heterocycles. The van der Waals surface area contributed by atoms with E-state index in [1.54, 1.807) is 6.08 Å². The summed E-state index contributed by atoms with van der Waals surface area (Å²) >= 11 is 0. The molecule has 0 spiro atoms. The number of unbranched alkanes of at least 4 members (excludes halogenated alkanes) is 1. The van der Waals surface area contributed by atoms with Crippen LogP contribution in [0.4, 0.5) is 0 Å². The molecule has 0 saturated carbocycles. The van der Waals surface area contributed by atoms with Crippen LogP contribution in [0.25, 0.3) is 0 Å². The summed E-state index contributed by atoms with van der Waals surface area (Å²) in [4.78, 5) is 0. The maximum atomic E-state index is 8.18. The van der Waals surface area contributed by atoms with Crippen LogP contribution in [0.5, 0.6) is 0 Å². The maximum absolute atomic E-state index is 8.18. The van der Waals surface area contributed by atoms with Gasteiger partial charge in [-0.3, -0.25) is 0 Å². The van der Waals surface area contributed by atoms with Crippen LogP contribution in [0.2, 0.25) is 0 Å². The Bertz CT molecular complexity index is 50.0. The van der Waals surface area contributed by atoms with Crippen LogP contribution in [0, 0.1) is 0 Å². The summed E-state index contributed by atoms with van der Waals surface area (Å²) in [6.07, 6.45) is 4.09. The van der Waals surface area contributed by atoms with Gasteiger partial charge in [0.2, 0.25) is 0 Å². The normalized spacial score (nSPS) is 10.4. The largest absolute Gasteiger partial charge is 0.516 e. The molecule has 0 aromatic rings. The minimum atomic E-state index is 0.199. The molecule has 0 rings (SSSR count). The predicted octanol–water partition coefficient (Wildman–Crippen LogP) is 0.831. The van der Waals surface area contributed by atoms with Gasteiger partial charge in [-0.2, -0.15) is 0 Å². The highest BCUT2D eigenvalue weighted by Crippen LogP contribution is 1.85. The summed E-state index contributed by atoms with van der Waals surface area (Å²) in [6, 6.07) is 0. The number of aliphatic hydroxyl groups excluding tert-OH is 2. The van der Waals surface area contributed by atoms with Gasteiger partial charge in [-0.25, -0.2) is 0 Å². The molecule has 0 aliphatic rings. The maximum Gasteiger partial charge on any atom is 0.0751 e. The Balaban J connectivity index is 2.69. The molecule has 0 aromatic heterocycles. The van der Waals surface area contributed by atoms with Crippen molar-refractivity contribution in [1.29, 1.82) is 0 Å². The second kappa shape index (κ2) is 5.50. The quantitative estimate of drug-likeness (QED) is 0.409. The minimum absolute atomic E-state index is 0.199. The zero-order valence-electron chi connectivity index (χ0n) is 4.17. The molecule has 7 heavy (non-hydrogen) atoms. The highest BCUT2D eigenvalue weighted by atomic mass is 16.3. The van der Waals surface area contributed by atoms with Gasteiger partial charge in [0.15, 0.2) is 0 Å². The molecule has 0 aromatic carbocycles. The molecule has 0 unspecified atom stereocenters. The number of rotatable bonds is 3. The van der Waals surface area contributed by atoms with Gasteiger partial charge in [0.1, 0.15) is 0 Å². The van der Waals surface area contributed by atoms with Gasteiger partial charge < -0.3 is 10.2 Å². The zero-order valence-corrected chi connectivity index (χ0v) is 4.17. The first-order valence-corrected chi connectivity index (χ1v) is 2.32. The monoisotopic (exact) mass is 102 g/mol. The predicted molar refractivity (Wildman–Crippen MR) is 28.1 cm³/mol. The topological polar surface area (TPSA) is 40.5 Å². The van der Waals surface area contributed by atoms with E-state index in [1.807, 2.05) is 0 Å². The summed E-state index contributed by atoms with van der Waals surface area (Å²) < 4.78 is 0. The third kappa shape index (κ3) is 5.50. The molecular formula is C5H10O2. The zero-order chi connectivity index (χ0) is 5.54. The van der Waals surface area contributed by atoms with Gasteiger partial charge in [0.05, 0.1) is 6.26 Å². The first-order chi connectivity index (χ1) is 3.41. The highest BCUT2D eigenvalue weighted by Gasteiger charge is 1.74. The molecule has 0 radical (unpaired) electrons. The lowest BCUT2D eigenvalue weighted by atomic mass is 10.3. The number of aliphatic hydroxyl groups is 2. The first-order valence-electron chi connectivity index (χ1n) is 2.32. The van der Waals surface area contributed by atoms with Gasteiger partial charge in [-0.1, -0.05) is 6.08 Å². The molecule has 0 fully saturated rings. The average Bonchev–Trinajstić information content (AvgIpc) is 1.69. The van der Waals surface area contributed by atoms with Gasteiger partial charge in [-0.15, -0.1) is 0 Å². The van der Waals surface area contributed by atoms with Crippen molar-refractivity contribution in [2.75, 3.05) is 6.61 Å². The molecule has 0 saturated heterocycles. The van der Waals surface area contributed by atoms with Gasteiger partial charge >= 0.3 is 0 Å². The summed E-state index contributed by atoms with van der Waals surface area (Å²) in [6.45, 7) is 0.199. The summed E-state index contributed by atoms with van der Waals surface area (Å²) in [5.41, 5.74) is 0. The van der Waals surface area contributed by atoms with Gasteiger partial charge in [0, 0.05) is 6.61 Å². The molecule has 0 bridgehead atoms. The van der Waals surface area contributed by atoms with Crippen molar-refractivity contribution in [1.82, 2.24) is 0 Å². The van der Waals surface area contributed by atoms with Crippen molar-refractivity contribution >= 4 is 0 Å². The Labute approximate surface area is 43.1 Å². The molecule has 2 heteroatoms. The van der Waals surface area contributed by atoms with Crippen molar-refractivity contribution < 1.29 is 10.2 Å². The second-order valence-corrected chi connectivity index (χ2v) is 1.25. The van der Waals surface area contributed by atoms with Crippen molar-refractivity contribution in [3.8, 4) is 0 Å². The number of hydrogen-bond donors (Lipinski definition) is 2. The Morgan fingerprint density at radius 2 is 2.14 bits per heavy atom. The van der Waals surface area contributed by atoms with Crippen LogP contribution in [-0.2, 0) is 0 Å². The van der Waals surface area contributed by atoms with Crippen molar-refractivity contribution in [3.63, 3.8) is 0 Å². The Morgan fingerprint density at radius 1 is 1.43 bits per heavy atom. The number of hydrogen-bond acceptors (Lipinski definition) is 2. The van der Waals surface area contributed by atoms with Crippen LogP contribution in [0.3, 0.4) is 0 Å². The SMILES string of the molecule is O/C=C/CCCO. The summed E-state index contributed by atoms with van der Waals surface area (Å²) in [5, 5.41) is 16.2. The van der Waals surface area contributed by atoms with E-state index in [-0.39, 0.29) is 6.61 Å². The third-order valence-electron chi connectivity index (χ3n) is 0.634. The van der Waals surface area contributed by atoms with E-state index in [0.717, 1.165) is 19.1 Å². The van der Waals surface area contributed by atoms with E-state index in [1.165, 1.54) is 0 Å². The molecule has 42 valence electrons. The fourth-order valence-electron chi connectivity index (χ4n) is 0.284. The molecule has 2 nitrogen and oxygen atoms in total. The van der Waals surface area contributed by atoms with Crippen molar-refractivity contribution in [2.45, 2.75) is 12.8 Å². The van der Waals surface area contributed by atoms with Crippen molar-refractivity contribution in [3.05, 3.63) is 12.3 Å². The van der Waals surface area contributed by atoms with E-state index in [2.05, 4.69) is 0 Å². The third-order valence-corrected chi connectivity index (χ3v) is 0.634. The lowest BCUT2D eigenvalue weighted by molar-refractivity contribution is 0.289. The Morgan fingerprint density at radius 3 is 2.57 bits per heavy atom. The smallest absolute Gasteiger partial charge is 0.0751 e. The van der Waals surface area contributed by atoms with E-state index in [4.69, 9.17) is 10.2 Å². The van der Waals surface area contributed by atoms with E-state index in [0.29, 0.717) is 0 Å². The average molecular weight is 102 g/mol. The van der Waals surface area contributed by atoms with Crippen LogP contribution in [-0.4, -0.2) is 16.8 Å². The summed E-state index contributed by atoms with van der Waals surface area (Å²) in [7, 11) is 0. The van der Waals surface area contributed by atoms with Crippen LogP contribution in [0.1, 0.15) is 12.8 Å². The van der Waals surface area contributed by atoms with Crippen LogP contribution >= 0.6 is 0 Å². The Kier molecular flexibility index (Phi) is 5.11. The second-order valence-electron chi connectivity index (χ2n) is 1.25. The van der Waals surface area contributed by atoms with Crippen LogP contribution < -0.4 is 0 Å². The molecule has 0 heterocycles. The number of allylic oxidation sites excluding steroid dienone is 1. The van der Waals surface area contributed by atoms with E-state index < -0.39 is 0 Å². The van der Waals surface area contributed by atoms with E-state index in [9.17, 15) is 0 Å². The van der Waals surface area contributed by atoms with Crippen molar-refractivity contribution in [2.24, 2.45) is 0 Å². The first kappa shape index (κ1) is 6.50. The highest BCUT2D eigenvalue weighted by molar-refractivity contribution is 4.70. The lowest BCUT2D eigenvalue weighted by Gasteiger charge is -1.83. The fourth-order valence-corrected chi connectivity index (χ4v) is 0.284. The standard InChI is InChI=1S/C5H10O2/c6-4-2-1-3-5-7/h2,4,6-7H,1,3,5H2/b4-2+. The van der Waals surface area contributed by atoms with Crippen LogP contribution in [0.15, 0.2) is 12.3 Å². The molecular weight excluding hydrogens is 92.1 g/mol. The molecule has 0 atom stereocenters. The van der Waals surface area contributed by atoms with Gasteiger partial charge in [-0.05, 0) is 12.8 Å². The molecule has 0 aliphatic carbocycles. The molecule has 2 N–H and O–H groups in total. The Hall–Kier alpha value is -0.500. The van der Waals surface area contributed by atoms with E-state index >= 15 is 0 Å².